The van der Waals surface area contributed by atoms with Crippen molar-refractivity contribution in [3.05, 3.63) is 29.3 Å². The van der Waals surface area contributed by atoms with Gasteiger partial charge in [-0.25, -0.2) is 0 Å². The number of hydrogen-bond donors (Lipinski definition) is 1. The zero-order valence-corrected chi connectivity index (χ0v) is 9.65. The molecule has 1 N–H and O–H groups in total. The smallest absolute Gasteiger partial charge is 0.387 e. The number of benzene rings is 1. The highest BCUT2D eigenvalue weighted by molar-refractivity contribution is 5.78. The molecule has 98 valence electrons. The summed E-state index contributed by atoms with van der Waals surface area (Å²) in [4.78, 5) is 21.6. The lowest BCUT2D eigenvalue weighted by molar-refractivity contribution is -0.136. The van der Waals surface area contributed by atoms with Crippen LogP contribution in [0.3, 0.4) is 0 Å². The molecule has 6 heteroatoms. The van der Waals surface area contributed by atoms with Gasteiger partial charge in [-0.15, -0.1) is 0 Å². The van der Waals surface area contributed by atoms with Crippen LogP contribution in [0.2, 0.25) is 0 Å². The lowest BCUT2D eigenvalue weighted by atomic mass is 10.0. The first-order valence-electron chi connectivity index (χ1n) is 5.16. The van der Waals surface area contributed by atoms with Gasteiger partial charge in [-0.05, 0) is 18.6 Å². The van der Waals surface area contributed by atoms with Crippen molar-refractivity contribution in [1.29, 1.82) is 0 Å². The molecular weight excluding hydrogens is 246 g/mol. The van der Waals surface area contributed by atoms with Gasteiger partial charge in [0.2, 0.25) is 0 Å². The molecular formula is C12H12F2O4. The molecule has 0 saturated carbocycles. The predicted octanol–water partition coefficient (Wildman–Crippen LogP) is 2.05. The fourth-order valence-corrected chi connectivity index (χ4v) is 1.54. The van der Waals surface area contributed by atoms with Crippen molar-refractivity contribution in [3.63, 3.8) is 0 Å². The van der Waals surface area contributed by atoms with Gasteiger partial charge in [0.25, 0.3) is 0 Å². The van der Waals surface area contributed by atoms with E-state index >= 15 is 0 Å². The molecule has 1 aromatic carbocycles. The van der Waals surface area contributed by atoms with Crippen LogP contribution < -0.4 is 4.74 Å². The van der Waals surface area contributed by atoms with Crippen LogP contribution in [-0.4, -0.2) is 23.5 Å². The number of aliphatic carboxylic acids is 1. The van der Waals surface area contributed by atoms with Gasteiger partial charge in [0.1, 0.15) is 11.5 Å². The van der Waals surface area contributed by atoms with E-state index in [1.54, 1.807) is 0 Å². The van der Waals surface area contributed by atoms with E-state index in [1.807, 2.05) is 0 Å². The number of alkyl halides is 2. The molecule has 0 spiro atoms. The van der Waals surface area contributed by atoms with Crippen LogP contribution in [0.15, 0.2) is 18.2 Å². The summed E-state index contributed by atoms with van der Waals surface area (Å²) in [5, 5.41) is 8.69. The number of carbonyl (C=O) groups excluding carboxylic acids is 1. The van der Waals surface area contributed by atoms with Crippen molar-refractivity contribution in [2.24, 2.45) is 0 Å². The van der Waals surface area contributed by atoms with E-state index in [9.17, 15) is 18.4 Å². The van der Waals surface area contributed by atoms with Crippen molar-refractivity contribution in [1.82, 2.24) is 0 Å². The third-order valence-electron chi connectivity index (χ3n) is 2.14. The number of carboxylic acids is 1. The number of hydrogen-bond acceptors (Lipinski definition) is 3. The maximum absolute atomic E-state index is 12.1. The number of ketones is 1. The fourth-order valence-electron chi connectivity index (χ4n) is 1.54. The van der Waals surface area contributed by atoms with Gasteiger partial charge >= 0.3 is 12.6 Å². The third-order valence-corrected chi connectivity index (χ3v) is 2.14. The SMILES string of the molecule is CC(=O)Cc1ccc(OC(F)F)c(CC(=O)O)c1. The van der Waals surface area contributed by atoms with E-state index in [4.69, 9.17) is 5.11 Å². The monoisotopic (exact) mass is 258 g/mol. The van der Waals surface area contributed by atoms with Crippen molar-refractivity contribution in [2.75, 3.05) is 0 Å². The van der Waals surface area contributed by atoms with E-state index in [2.05, 4.69) is 4.74 Å². The van der Waals surface area contributed by atoms with Gasteiger partial charge in [0.05, 0.1) is 6.42 Å². The Morgan fingerprint density at radius 1 is 1.33 bits per heavy atom. The van der Waals surface area contributed by atoms with Crippen LogP contribution in [0.1, 0.15) is 18.1 Å². The Morgan fingerprint density at radius 2 is 2.00 bits per heavy atom. The first-order chi connectivity index (χ1) is 8.38. The maximum Gasteiger partial charge on any atom is 0.387 e. The lowest BCUT2D eigenvalue weighted by Crippen LogP contribution is -2.08. The minimum absolute atomic E-state index is 0.0983. The summed E-state index contributed by atoms with van der Waals surface area (Å²) in [7, 11) is 0. The predicted molar refractivity (Wildman–Crippen MR) is 58.8 cm³/mol. The quantitative estimate of drug-likeness (QED) is 0.848. The van der Waals surface area contributed by atoms with E-state index < -0.39 is 19.0 Å². The highest BCUT2D eigenvalue weighted by Crippen LogP contribution is 2.23. The second-order valence-corrected chi connectivity index (χ2v) is 3.77. The van der Waals surface area contributed by atoms with Crippen molar-refractivity contribution in [2.45, 2.75) is 26.4 Å². The average Bonchev–Trinajstić information content (AvgIpc) is 2.19. The van der Waals surface area contributed by atoms with Crippen LogP contribution in [0.25, 0.3) is 0 Å². The maximum atomic E-state index is 12.1. The second kappa shape index (κ2) is 6.09. The molecule has 1 rings (SSSR count). The summed E-state index contributed by atoms with van der Waals surface area (Å²) in [6.07, 6.45) is -0.310. The van der Waals surface area contributed by atoms with Gasteiger partial charge in [0.15, 0.2) is 0 Å². The Morgan fingerprint density at radius 3 is 2.50 bits per heavy atom. The molecule has 0 saturated heterocycles. The third kappa shape index (κ3) is 4.48. The molecule has 0 aliphatic heterocycles. The van der Waals surface area contributed by atoms with Crippen LogP contribution in [-0.2, 0) is 22.4 Å². The zero-order chi connectivity index (χ0) is 13.7. The molecule has 0 aromatic heterocycles. The first-order valence-corrected chi connectivity index (χ1v) is 5.16. The zero-order valence-electron chi connectivity index (χ0n) is 9.65. The molecule has 0 aliphatic rings. The molecule has 18 heavy (non-hydrogen) atoms. The van der Waals surface area contributed by atoms with Gasteiger partial charge in [-0.3, -0.25) is 9.59 Å². The normalized spacial score (nSPS) is 10.4. The summed E-state index contributed by atoms with van der Waals surface area (Å²) in [6.45, 7) is -1.63. The summed E-state index contributed by atoms with van der Waals surface area (Å²) in [5.41, 5.74) is 0.696. The van der Waals surface area contributed by atoms with Crippen molar-refractivity contribution in [3.8, 4) is 5.75 Å². The number of carbonyl (C=O) groups is 2. The summed E-state index contributed by atoms with van der Waals surface area (Å²) < 4.78 is 28.5. The van der Waals surface area contributed by atoms with Crippen molar-refractivity contribution < 1.29 is 28.2 Å². The lowest BCUT2D eigenvalue weighted by Gasteiger charge is -2.10. The van der Waals surface area contributed by atoms with Crippen molar-refractivity contribution >= 4 is 11.8 Å². The molecule has 4 nitrogen and oxygen atoms in total. The summed E-state index contributed by atoms with van der Waals surface area (Å²) >= 11 is 0. The van der Waals surface area contributed by atoms with E-state index in [1.165, 1.54) is 25.1 Å². The van der Waals surface area contributed by atoms with Gasteiger partial charge in [0, 0.05) is 12.0 Å². The molecule has 0 heterocycles. The number of Topliss-reactive ketones (excluding diaryl/α,β-unsaturated/α-hetero) is 1. The van der Waals surface area contributed by atoms with Crippen LogP contribution >= 0.6 is 0 Å². The number of rotatable bonds is 6. The Kier molecular flexibility index (Phi) is 4.76. The minimum atomic E-state index is -3.02. The van der Waals surface area contributed by atoms with Crippen LogP contribution in [0.5, 0.6) is 5.75 Å². The second-order valence-electron chi connectivity index (χ2n) is 3.77. The van der Waals surface area contributed by atoms with E-state index in [0.717, 1.165) is 0 Å². The Bertz CT molecular complexity index is 457. The molecule has 0 radical (unpaired) electrons. The van der Waals surface area contributed by atoms with Gasteiger partial charge in [-0.1, -0.05) is 12.1 Å². The number of carboxylic acid groups (broad SMARTS) is 1. The first kappa shape index (κ1) is 14.1. The molecule has 0 unspecified atom stereocenters. The van der Waals surface area contributed by atoms with Gasteiger partial charge < -0.3 is 9.84 Å². The summed E-state index contributed by atoms with van der Waals surface area (Å²) in [5.74, 6) is -1.44. The van der Waals surface area contributed by atoms with Crippen LogP contribution in [0.4, 0.5) is 8.78 Å². The Balaban J connectivity index is 3.03. The summed E-state index contributed by atoms with van der Waals surface area (Å²) in [6, 6.07) is 4.11. The molecule has 0 fully saturated rings. The minimum Gasteiger partial charge on any atom is -0.481 e. The number of halogens is 2. The molecule has 0 aliphatic carbocycles. The van der Waals surface area contributed by atoms with Crippen LogP contribution in [0, 0.1) is 0 Å². The number of ether oxygens (including phenoxy) is 1. The van der Waals surface area contributed by atoms with E-state index in [0.29, 0.717) is 5.56 Å². The largest absolute Gasteiger partial charge is 0.481 e. The topological polar surface area (TPSA) is 63.6 Å². The highest BCUT2D eigenvalue weighted by Gasteiger charge is 2.13. The average molecular weight is 258 g/mol. The van der Waals surface area contributed by atoms with Gasteiger partial charge in [-0.2, -0.15) is 8.78 Å². The molecule has 0 bridgehead atoms. The standard InChI is InChI=1S/C12H12F2O4/c1-7(15)4-8-2-3-10(18-12(13)14)9(5-8)6-11(16)17/h2-3,5,12H,4,6H2,1H3,(H,16,17). The highest BCUT2D eigenvalue weighted by atomic mass is 19.3. The Hall–Kier alpha value is -1.98. The molecule has 0 amide bonds. The molecule has 1 aromatic rings. The Labute approximate surface area is 102 Å². The fraction of sp³-hybridized carbons (Fsp3) is 0.333. The van der Waals surface area contributed by atoms with E-state index in [-0.39, 0.29) is 23.5 Å². The molecule has 0 atom stereocenters.